The van der Waals surface area contributed by atoms with Crippen molar-refractivity contribution in [3.63, 3.8) is 0 Å². The summed E-state index contributed by atoms with van der Waals surface area (Å²) in [5.74, 6) is -1.71. The molecule has 0 saturated carbocycles. The number of carbonyl (C=O) groups excluding carboxylic acids is 3. The molecule has 1 N–H and O–H groups in total. The Bertz CT molecular complexity index is 888. The Morgan fingerprint density at radius 3 is 2.19 bits per heavy atom. The quantitative estimate of drug-likeness (QED) is 0.817. The molecule has 27 heavy (non-hydrogen) atoms. The van der Waals surface area contributed by atoms with Crippen molar-refractivity contribution in [2.45, 2.75) is 33.2 Å². The van der Waals surface area contributed by atoms with Crippen molar-refractivity contribution in [1.29, 1.82) is 0 Å². The van der Waals surface area contributed by atoms with Gasteiger partial charge in [0, 0.05) is 5.69 Å². The van der Waals surface area contributed by atoms with Crippen LogP contribution in [0.3, 0.4) is 0 Å². The van der Waals surface area contributed by atoms with Crippen molar-refractivity contribution in [2.75, 3.05) is 5.32 Å². The first kappa shape index (κ1) is 18.8. The van der Waals surface area contributed by atoms with E-state index in [1.54, 1.807) is 31.2 Å². The van der Waals surface area contributed by atoms with Gasteiger partial charge in [0.2, 0.25) is 5.91 Å². The van der Waals surface area contributed by atoms with Gasteiger partial charge in [-0.25, -0.2) is 4.39 Å². The maximum absolute atomic E-state index is 13.3. The molecular formula is C21H21FN2O3. The fourth-order valence-electron chi connectivity index (χ4n) is 3.25. The normalized spacial score (nSPS) is 14.5. The van der Waals surface area contributed by atoms with Crippen LogP contribution in [0.2, 0.25) is 0 Å². The minimum absolute atomic E-state index is 0.0828. The van der Waals surface area contributed by atoms with E-state index in [1.165, 1.54) is 18.2 Å². The van der Waals surface area contributed by atoms with Crippen LogP contribution in [0, 0.1) is 18.7 Å². The molecule has 6 heteroatoms. The molecule has 0 spiro atoms. The number of fused-ring (bicyclic) bond motifs is 1. The molecule has 3 amide bonds. The fraction of sp³-hybridized carbons (Fsp3) is 0.286. The van der Waals surface area contributed by atoms with E-state index < -0.39 is 29.6 Å². The SMILES string of the molecule is Cc1cc(F)ccc1NC(=O)[C@@H](CC(C)C)N1C(=O)c2ccccc2C1=O. The van der Waals surface area contributed by atoms with Gasteiger partial charge < -0.3 is 5.32 Å². The van der Waals surface area contributed by atoms with Crippen LogP contribution >= 0.6 is 0 Å². The van der Waals surface area contributed by atoms with E-state index >= 15 is 0 Å². The van der Waals surface area contributed by atoms with Gasteiger partial charge in [0.1, 0.15) is 11.9 Å². The second-order valence-corrected chi connectivity index (χ2v) is 7.12. The molecule has 1 atom stereocenters. The van der Waals surface area contributed by atoms with E-state index in [0.717, 1.165) is 4.90 Å². The number of hydrogen-bond acceptors (Lipinski definition) is 3. The second kappa shape index (κ2) is 7.31. The van der Waals surface area contributed by atoms with Crippen LogP contribution in [0.1, 0.15) is 46.5 Å². The number of halogens is 1. The second-order valence-electron chi connectivity index (χ2n) is 7.12. The standard InChI is InChI=1S/C21H21FN2O3/c1-12(2)10-18(19(25)23-17-9-8-14(22)11-13(17)3)24-20(26)15-6-4-5-7-16(15)21(24)27/h4-9,11-12,18H,10H2,1-3H3,(H,23,25)/t18-/m1/s1. The molecule has 1 heterocycles. The third-order valence-electron chi connectivity index (χ3n) is 4.58. The van der Waals surface area contributed by atoms with Gasteiger partial charge in [0.25, 0.3) is 11.8 Å². The van der Waals surface area contributed by atoms with Crippen molar-refractivity contribution in [3.05, 3.63) is 65.0 Å². The first-order chi connectivity index (χ1) is 12.8. The highest BCUT2D eigenvalue weighted by atomic mass is 19.1. The Balaban J connectivity index is 1.91. The summed E-state index contributed by atoms with van der Waals surface area (Å²) < 4.78 is 13.3. The largest absolute Gasteiger partial charge is 0.324 e. The smallest absolute Gasteiger partial charge is 0.262 e. The Hall–Kier alpha value is -3.02. The molecule has 0 fully saturated rings. The molecular weight excluding hydrogens is 347 g/mol. The van der Waals surface area contributed by atoms with Crippen molar-refractivity contribution >= 4 is 23.4 Å². The zero-order valence-corrected chi connectivity index (χ0v) is 15.5. The molecule has 2 aromatic rings. The molecule has 0 bridgehead atoms. The summed E-state index contributed by atoms with van der Waals surface area (Å²) in [6.45, 7) is 5.52. The minimum atomic E-state index is -0.943. The highest BCUT2D eigenvalue weighted by molar-refractivity contribution is 6.23. The predicted molar refractivity (Wildman–Crippen MR) is 100.0 cm³/mol. The van der Waals surface area contributed by atoms with Crippen LogP contribution in [-0.2, 0) is 4.79 Å². The number of imide groups is 1. The molecule has 5 nitrogen and oxygen atoms in total. The average Bonchev–Trinajstić information content (AvgIpc) is 2.86. The van der Waals surface area contributed by atoms with Crippen molar-refractivity contribution in [1.82, 2.24) is 4.90 Å². The summed E-state index contributed by atoms with van der Waals surface area (Å²) in [6.07, 6.45) is 0.331. The summed E-state index contributed by atoms with van der Waals surface area (Å²) in [6, 6.07) is 9.64. The maximum atomic E-state index is 13.3. The first-order valence-corrected chi connectivity index (χ1v) is 8.83. The zero-order valence-electron chi connectivity index (χ0n) is 15.5. The number of amides is 3. The predicted octanol–water partition coefficient (Wildman–Crippen LogP) is 3.78. The number of hydrogen-bond donors (Lipinski definition) is 1. The van der Waals surface area contributed by atoms with Gasteiger partial charge in [0.15, 0.2) is 0 Å². The Kier molecular flexibility index (Phi) is 5.08. The molecule has 0 aliphatic carbocycles. The molecule has 2 aromatic carbocycles. The lowest BCUT2D eigenvalue weighted by Crippen LogP contribution is -2.48. The summed E-state index contributed by atoms with van der Waals surface area (Å²) in [4.78, 5) is 39.6. The molecule has 0 unspecified atom stereocenters. The summed E-state index contributed by atoms with van der Waals surface area (Å²) in [5.41, 5.74) is 1.63. The molecule has 0 saturated heterocycles. The zero-order chi connectivity index (χ0) is 19.7. The van der Waals surface area contributed by atoms with E-state index in [-0.39, 0.29) is 5.92 Å². The first-order valence-electron chi connectivity index (χ1n) is 8.83. The molecule has 140 valence electrons. The maximum Gasteiger partial charge on any atom is 0.262 e. The average molecular weight is 368 g/mol. The molecule has 1 aliphatic heterocycles. The van der Waals surface area contributed by atoms with Crippen LogP contribution in [0.5, 0.6) is 0 Å². The third-order valence-corrected chi connectivity index (χ3v) is 4.58. The highest BCUT2D eigenvalue weighted by Gasteiger charge is 2.42. The van der Waals surface area contributed by atoms with Crippen LogP contribution in [-0.4, -0.2) is 28.7 Å². The van der Waals surface area contributed by atoms with Crippen LogP contribution in [0.4, 0.5) is 10.1 Å². The molecule has 0 radical (unpaired) electrons. The van der Waals surface area contributed by atoms with Crippen molar-refractivity contribution < 1.29 is 18.8 Å². The minimum Gasteiger partial charge on any atom is -0.324 e. The fourth-order valence-corrected chi connectivity index (χ4v) is 3.25. The van der Waals surface area contributed by atoms with E-state index in [9.17, 15) is 18.8 Å². The topological polar surface area (TPSA) is 66.5 Å². The lowest BCUT2D eigenvalue weighted by atomic mass is 10.0. The Labute approximate surface area is 157 Å². The summed E-state index contributed by atoms with van der Waals surface area (Å²) in [7, 11) is 0. The van der Waals surface area contributed by atoms with Crippen LogP contribution in [0.15, 0.2) is 42.5 Å². The number of anilines is 1. The van der Waals surface area contributed by atoms with E-state index in [2.05, 4.69) is 5.32 Å². The number of benzene rings is 2. The lowest BCUT2D eigenvalue weighted by Gasteiger charge is -2.27. The van der Waals surface area contributed by atoms with E-state index in [4.69, 9.17) is 0 Å². The highest BCUT2D eigenvalue weighted by Crippen LogP contribution is 2.28. The number of nitrogens with zero attached hydrogens (tertiary/aromatic N) is 1. The van der Waals surface area contributed by atoms with Gasteiger partial charge in [-0.15, -0.1) is 0 Å². The van der Waals surface area contributed by atoms with Crippen molar-refractivity contribution in [3.8, 4) is 0 Å². The molecule has 0 aromatic heterocycles. The number of nitrogens with one attached hydrogen (secondary N) is 1. The van der Waals surface area contributed by atoms with Gasteiger partial charge >= 0.3 is 0 Å². The van der Waals surface area contributed by atoms with Gasteiger partial charge in [-0.05, 0) is 55.2 Å². The molecule has 1 aliphatic rings. The Morgan fingerprint density at radius 1 is 1.07 bits per heavy atom. The third kappa shape index (κ3) is 3.60. The van der Waals surface area contributed by atoms with Gasteiger partial charge in [-0.2, -0.15) is 0 Å². The van der Waals surface area contributed by atoms with Crippen molar-refractivity contribution in [2.24, 2.45) is 5.92 Å². The molecule has 3 rings (SSSR count). The van der Waals surface area contributed by atoms with Gasteiger partial charge in [-0.1, -0.05) is 26.0 Å². The summed E-state index contributed by atoms with van der Waals surface area (Å²) >= 11 is 0. The van der Waals surface area contributed by atoms with E-state index in [0.29, 0.717) is 28.8 Å². The number of carbonyl (C=O) groups is 3. The number of rotatable bonds is 5. The lowest BCUT2D eigenvalue weighted by molar-refractivity contribution is -0.120. The summed E-state index contributed by atoms with van der Waals surface area (Å²) in [5, 5.41) is 2.74. The van der Waals surface area contributed by atoms with E-state index in [1.807, 2.05) is 13.8 Å². The van der Waals surface area contributed by atoms with Gasteiger partial charge in [-0.3, -0.25) is 19.3 Å². The van der Waals surface area contributed by atoms with Gasteiger partial charge in [0.05, 0.1) is 11.1 Å². The monoisotopic (exact) mass is 368 g/mol. The number of aryl methyl sites for hydroxylation is 1. The van der Waals surface area contributed by atoms with Crippen LogP contribution < -0.4 is 5.32 Å². The van der Waals surface area contributed by atoms with Crippen LogP contribution in [0.25, 0.3) is 0 Å². The Morgan fingerprint density at radius 2 is 1.67 bits per heavy atom.